The first-order valence-electron chi connectivity index (χ1n) is 6.46. The smallest absolute Gasteiger partial charge is 0.340 e. The summed E-state index contributed by atoms with van der Waals surface area (Å²) in [5.74, 6) is -0.743. The zero-order valence-electron chi connectivity index (χ0n) is 11.4. The van der Waals surface area contributed by atoms with E-state index in [4.69, 9.17) is 23.7 Å². The second-order valence-corrected chi connectivity index (χ2v) is 4.67. The Bertz CT molecular complexity index is 560. The number of methoxy groups -OCH3 is 1. The predicted molar refractivity (Wildman–Crippen MR) is 68.2 cm³/mol. The van der Waals surface area contributed by atoms with Crippen LogP contribution in [0.15, 0.2) is 18.2 Å². The number of carbonyl (C=O) groups is 2. The van der Waals surface area contributed by atoms with Gasteiger partial charge in [-0.15, -0.1) is 0 Å². The lowest BCUT2D eigenvalue weighted by atomic mass is 10.1. The normalized spacial score (nSPS) is 22.3. The summed E-state index contributed by atoms with van der Waals surface area (Å²) in [7, 11) is 1.45. The summed E-state index contributed by atoms with van der Waals surface area (Å²) in [5.41, 5.74) is 0.429. The lowest BCUT2D eigenvalue weighted by Crippen LogP contribution is -2.13. The van der Waals surface area contributed by atoms with Crippen LogP contribution in [0.2, 0.25) is 0 Å². The van der Waals surface area contributed by atoms with Crippen molar-refractivity contribution in [2.75, 3.05) is 26.9 Å². The summed E-state index contributed by atoms with van der Waals surface area (Å²) in [6.45, 7) is 1.20. The molecule has 0 spiro atoms. The minimum Gasteiger partial charge on any atom is -0.497 e. The largest absolute Gasteiger partial charge is 0.497 e. The third-order valence-corrected chi connectivity index (χ3v) is 2.96. The van der Waals surface area contributed by atoms with Crippen LogP contribution in [0.5, 0.6) is 5.75 Å². The zero-order chi connectivity index (χ0) is 14.8. The van der Waals surface area contributed by atoms with E-state index in [1.165, 1.54) is 25.3 Å². The number of hydrogen-bond acceptors (Lipinski definition) is 7. The average Bonchev–Trinajstić information content (AvgIpc) is 3.38. The molecule has 0 amide bonds. The van der Waals surface area contributed by atoms with Gasteiger partial charge in [-0.05, 0) is 18.2 Å². The summed E-state index contributed by atoms with van der Waals surface area (Å²) in [6, 6.07) is 4.40. The van der Waals surface area contributed by atoms with Gasteiger partial charge in [-0.2, -0.15) is 0 Å². The van der Waals surface area contributed by atoms with Crippen LogP contribution in [0.3, 0.4) is 0 Å². The van der Waals surface area contributed by atoms with Crippen LogP contribution < -0.4 is 4.74 Å². The molecule has 2 fully saturated rings. The Hall–Kier alpha value is -2.12. The van der Waals surface area contributed by atoms with E-state index in [-0.39, 0.29) is 23.8 Å². The molecule has 2 aliphatic rings. The van der Waals surface area contributed by atoms with Gasteiger partial charge < -0.3 is 23.7 Å². The fourth-order valence-corrected chi connectivity index (χ4v) is 1.66. The van der Waals surface area contributed by atoms with Crippen LogP contribution in [0, 0.1) is 0 Å². The molecule has 1 aromatic carbocycles. The molecule has 7 heteroatoms. The number of benzene rings is 1. The molecule has 2 saturated heterocycles. The number of hydrogen-bond donors (Lipinski definition) is 0. The molecule has 3 rings (SSSR count). The van der Waals surface area contributed by atoms with Crippen LogP contribution in [0.25, 0.3) is 0 Å². The number of esters is 2. The number of rotatable bonds is 6. The summed E-state index contributed by atoms with van der Waals surface area (Å²) in [5, 5.41) is 0. The zero-order valence-corrected chi connectivity index (χ0v) is 11.4. The van der Waals surface area contributed by atoms with E-state index < -0.39 is 18.2 Å². The van der Waals surface area contributed by atoms with Crippen molar-refractivity contribution in [3.05, 3.63) is 29.3 Å². The SMILES string of the molecule is COc1cc(C(=O)OCC2CO2)cc(C(=O)OC2CO2)c1. The van der Waals surface area contributed by atoms with E-state index in [9.17, 15) is 9.59 Å². The van der Waals surface area contributed by atoms with Gasteiger partial charge in [-0.3, -0.25) is 0 Å². The fourth-order valence-electron chi connectivity index (χ4n) is 1.66. The highest BCUT2D eigenvalue weighted by Crippen LogP contribution is 2.21. The molecule has 0 saturated carbocycles. The monoisotopic (exact) mass is 294 g/mol. The average molecular weight is 294 g/mol. The molecule has 0 N–H and O–H groups in total. The Labute approximate surface area is 120 Å². The minimum absolute atomic E-state index is 0.0176. The van der Waals surface area contributed by atoms with Crippen LogP contribution >= 0.6 is 0 Å². The van der Waals surface area contributed by atoms with Crippen molar-refractivity contribution in [3.8, 4) is 5.75 Å². The van der Waals surface area contributed by atoms with E-state index >= 15 is 0 Å². The Morgan fingerprint density at radius 1 is 1.14 bits per heavy atom. The number of epoxide rings is 2. The molecule has 0 bridgehead atoms. The Kier molecular flexibility index (Phi) is 3.76. The lowest BCUT2D eigenvalue weighted by Gasteiger charge is -2.08. The molecule has 2 aliphatic heterocycles. The van der Waals surface area contributed by atoms with E-state index in [0.29, 0.717) is 19.0 Å². The molecule has 112 valence electrons. The van der Waals surface area contributed by atoms with Crippen molar-refractivity contribution in [2.45, 2.75) is 12.4 Å². The third-order valence-electron chi connectivity index (χ3n) is 2.96. The van der Waals surface area contributed by atoms with Gasteiger partial charge >= 0.3 is 11.9 Å². The number of ether oxygens (including phenoxy) is 5. The van der Waals surface area contributed by atoms with Crippen LogP contribution in [0.1, 0.15) is 20.7 Å². The van der Waals surface area contributed by atoms with Gasteiger partial charge in [-0.1, -0.05) is 0 Å². The molecule has 21 heavy (non-hydrogen) atoms. The highest BCUT2D eigenvalue weighted by Gasteiger charge is 2.29. The molecule has 0 aliphatic carbocycles. The molecular formula is C14H14O7. The second kappa shape index (κ2) is 5.71. The Morgan fingerprint density at radius 3 is 2.38 bits per heavy atom. The van der Waals surface area contributed by atoms with Crippen molar-refractivity contribution >= 4 is 11.9 Å². The minimum atomic E-state index is -0.573. The second-order valence-electron chi connectivity index (χ2n) is 4.67. The van der Waals surface area contributed by atoms with E-state index in [0.717, 1.165) is 0 Å². The van der Waals surface area contributed by atoms with Gasteiger partial charge in [0.1, 0.15) is 25.1 Å². The van der Waals surface area contributed by atoms with Gasteiger partial charge in [0.15, 0.2) is 0 Å². The molecule has 1 aromatic rings. The molecule has 2 heterocycles. The molecule has 0 radical (unpaired) electrons. The first kappa shape index (κ1) is 13.8. The van der Waals surface area contributed by atoms with Crippen molar-refractivity contribution in [1.29, 1.82) is 0 Å². The maximum atomic E-state index is 11.9. The van der Waals surface area contributed by atoms with Gasteiger partial charge in [-0.25, -0.2) is 9.59 Å². The van der Waals surface area contributed by atoms with E-state index in [1.54, 1.807) is 0 Å². The Morgan fingerprint density at radius 2 is 1.81 bits per heavy atom. The standard InChI is InChI=1S/C14H14O7/c1-17-10-3-8(13(15)20-6-11-5-18-11)2-9(4-10)14(16)21-12-7-19-12/h2-4,11-12H,5-7H2,1H3. The van der Waals surface area contributed by atoms with Crippen molar-refractivity contribution in [3.63, 3.8) is 0 Å². The highest BCUT2D eigenvalue weighted by atomic mass is 16.8. The van der Waals surface area contributed by atoms with Crippen LogP contribution in [0.4, 0.5) is 0 Å². The van der Waals surface area contributed by atoms with Gasteiger partial charge in [0.25, 0.3) is 0 Å². The molecule has 2 atom stereocenters. The van der Waals surface area contributed by atoms with Crippen molar-refractivity contribution in [1.82, 2.24) is 0 Å². The molecule has 0 aromatic heterocycles. The van der Waals surface area contributed by atoms with Gasteiger partial charge in [0, 0.05) is 0 Å². The predicted octanol–water partition coefficient (Wildman–Crippen LogP) is 0.764. The van der Waals surface area contributed by atoms with Crippen LogP contribution in [-0.4, -0.2) is 51.3 Å². The highest BCUT2D eigenvalue weighted by molar-refractivity contribution is 5.96. The van der Waals surface area contributed by atoms with E-state index in [1.807, 2.05) is 0 Å². The van der Waals surface area contributed by atoms with Crippen molar-refractivity contribution in [2.24, 2.45) is 0 Å². The fraction of sp³-hybridized carbons (Fsp3) is 0.429. The first-order chi connectivity index (χ1) is 10.2. The number of carbonyl (C=O) groups excluding carboxylic acids is 2. The summed E-state index contributed by atoms with van der Waals surface area (Å²) in [6.07, 6.45) is -0.512. The van der Waals surface area contributed by atoms with E-state index in [2.05, 4.69) is 0 Å². The summed E-state index contributed by atoms with van der Waals surface area (Å²) >= 11 is 0. The Balaban J connectivity index is 1.74. The maximum Gasteiger partial charge on any atom is 0.340 e. The summed E-state index contributed by atoms with van der Waals surface area (Å²) < 4.78 is 25.0. The lowest BCUT2D eigenvalue weighted by molar-refractivity contribution is 0.0297. The maximum absolute atomic E-state index is 11.9. The van der Waals surface area contributed by atoms with Crippen LogP contribution in [-0.2, 0) is 18.9 Å². The van der Waals surface area contributed by atoms with Gasteiger partial charge in [0.2, 0.25) is 6.29 Å². The summed E-state index contributed by atoms with van der Waals surface area (Å²) in [4.78, 5) is 23.8. The van der Waals surface area contributed by atoms with Crippen molar-refractivity contribution < 1.29 is 33.3 Å². The molecule has 2 unspecified atom stereocenters. The molecule has 7 nitrogen and oxygen atoms in total. The van der Waals surface area contributed by atoms with Gasteiger partial charge in [0.05, 0.1) is 24.8 Å². The topological polar surface area (TPSA) is 86.9 Å². The first-order valence-corrected chi connectivity index (χ1v) is 6.46. The molecular weight excluding hydrogens is 280 g/mol. The quantitative estimate of drug-likeness (QED) is 0.565. The third kappa shape index (κ3) is 3.71.